The van der Waals surface area contributed by atoms with Gasteiger partial charge in [-0.05, 0) is 19.4 Å². The molecule has 1 aromatic rings. The Morgan fingerprint density at radius 2 is 2.00 bits per heavy atom. The van der Waals surface area contributed by atoms with Crippen LogP contribution in [0.3, 0.4) is 0 Å². The Morgan fingerprint density at radius 1 is 1.45 bits per heavy atom. The number of aromatic nitrogens is 1. The van der Waals surface area contributed by atoms with Crippen molar-refractivity contribution in [3.63, 3.8) is 0 Å². The second-order valence-corrected chi connectivity index (χ2v) is 4.87. The molecule has 0 saturated heterocycles. The summed E-state index contributed by atoms with van der Waals surface area (Å²) in [4.78, 5) is 2.97. The predicted octanol–water partition coefficient (Wildman–Crippen LogP) is 1.56. The molecule has 0 unspecified atom stereocenters. The van der Waals surface area contributed by atoms with Gasteiger partial charge in [0.2, 0.25) is 0 Å². The highest BCUT2D eigenvalue weighted by Gasteiger charge is 2.17. The molecule has 0 aliphatic heterocycles. The summed E-state index contributed by atoms with van der Waals surface area (Å²) in [6.45, 7) is 3.36. The molecule has 5 heteroatoms. The molecule has 1 aromatic heterocycles. The molecule has 0 saturated carbocycles. The van der Waals surface area contributed by atoms with Crippen LogP contribution in [-0.2, 0) is 9.05 Å². The summed E-state index contributed by atoms with van der Waals surface area (Å²) in [7, 11) is 1.58. The minimum atomic E-state index is -3.58. The van der Waals surface area contributed by atoms with E-state index >= 15 is 0 Å². The molecule has 11 heavy (non-hydrogen) atoms. The molecule has 0 aliphatic carbocycles. The first-order chi connectivity index (χ1) is 4.93. The fourth-order valence-corrected chi connectivity index (χ4v) is 2.60. The lowest BCUT2D eigenvalue weighted by Gasteiger charge is -1.94. The molecule has 62 valence electrons. The normalized spacial score (nSPS) is 11.9. The average molecular weight is 194 g/mol. The van der Waals surface area contributed by atoms with Gasteiger partial charge in [-0.15, -0.1) is 0 Å². The highest BCUT2D eigenvalue weighted by atomic mass is 35.7. The minimum Gasteiger partial charge on any atom is -0.364 e. The van der Waals surface area contributed by atoms with E-state index in [0.717, 1.165) is 0 Å². The number of aryl methyl sites for hydroxylation is 2. The minimum absolute atomic E-state index is 0.194. The Morgan fingerprint density at radius 3 is 2.18 bits per heavy atom. The van der Waals surface area contributed by atoms with E-state index < -0.39 is 9.05 Å². The van der Waals surface area contributed by atoms with Gasteiger partial charge in [0, 0.05) is 22.6 Å². The zero-order valence-electron chi connectivity index (χ0n) is 6.18. The topological polar surface area (TPSA) is 49.9 Å². The molecule has 1 heterocycles. The van der Waals surface area contributed by atoms with Crippen LogP contribution in [0.25, 0.3) is 0 Å². The molecular formula is C6H8ClNO2S. The van der Waals surface area contributed by atoms with Crippen LogP contribution in [0.2, 0.25) is 0 Å². The highest BCUT2D eigenvalue weighted by molar-refractivity contribution is 8.13. The molecule has 0 atom stereocenters. The van der Waals surface area contributed by atoms with Crippen LogP contribution < -0.4 is 0 Å². The van der Waals surface area contributed by atoms with E-state index in [4.69, 9.17) is 10.7 Å². The maximum Gasteiger partial charge on any atom is 0.263 e. The number of H-pyrrole nitrogens is 1. The van der Waals surface area contributed by atoms with Gasteiger partial charge >= 0.3 is 0 Å². The third-order valence-corrected chi connectivity index (χ3v) is 3.03. The first kappa shape index (κ1) is 8.62. The van der Waals surface area contributed by atoms with Gasteiger partial charge in [-0.2, -0.15) is 0 Å². The van der Waals surface area contributed by atoms with Gasteiger partial charge in [-0.1, -0.05) is 0 Å². The summed E-state index contributed by atoms with van der Waals surface area (Å²) in [5, 5.41) is 0. The first-order valence-corrected chi connectivity index (χ1v) is 5.33. The van der Waals surface area contributed by atoms with Crippen LogP contribution >= 0.6 is 10.7 Å². The smallest absolute Gasteiger partial charge is 0.263 e. The standard InChI is InChI=1S/C6H8ClNO2S/c1-4-3-8-5(2)6(4)11(7,9)10/h3,8H,1-2H3. The van der Waals surface area contributed by atoms with Crippen molar-refractivity contribution in [1.82, 2.24) is 4.98 Å². The lowest BCUT2D eigenvalue weighted by molar-refractivity contribution is 0.608. The van der Waals surface area contributed by atoms with Crippen LogP contribution in [0.1, 0.15) is 11.3 Å². The van der Waals surface area contributed by atoms with Crippen molar-refractivity contribution in [2.45, 2.75) is 18.7 Å². The van der Waals surface area contributed by atoms with Gasteiger partial charge in [0.1, 0.15) is 4.90 Å². The van der Waals surface area contributed by atoms with Gasteiger partial charge in [-0.3, -0.25) is 0 Å². The molecule has 3 nitrogen and oxygen atoms in total. The van der Waals surface area contributed by atoms with E-state index in [0.29, 0.717) is 11.3 Å². The summed E-state index contributed by atoms with van der Waals surface area (Å²) in [5.74, 6) is 0. The van der Waals surface area contributed by atoms with Crippen molar-refractivity contribution in [3.8, 4) is 0 Å². The molecule has 0 spiro atoms. The van der Waals surface area contributed by atoms with E-state index in [1.165, 1.54) is 0 Å². The van der Waals surface area contributed by atoms with Gasteiger partial charge in [0.05, 0.1) is 0 Å². The molecule has 0 amide bonds. The molecule has 0 aliphatic rings. The molecule has 1 N–H and O–H groups in total. The van der Waals surface area contributed by atoms with Crippen molar-refractivity contribution < 1.29 is 8.42 Å². The summed E-state index contributed by atoms with van der Waals surface area (Å²) in [6, 6.07) is 0. The lowest BCUT2D eigenvalue weighted by atomic mass is 10.3. The summed E-state index contributed by atoms with van der Waals surface area (Å²) in [6.07, 6.45) is 1.62. The summed E-state index contributed by atoms with van der Waals surface area (Å²) >= 11 is 0. The van der Waals surface area contributed by atoms with Gasteiger partial charge < -0.3 is 4.98 Å². The first-order valence-electron chi connectivity index (χ1n) is 3.02. The highest BCUT2D eigenvalue weighted by Crippen LogP contribution is 2.22. The predicted molar refractivity (Wildman–Crippen MR) is 43.3 cm³/mol. The molecule has 0 bridgehead atoms. The fraction of sp³-hybridized carbons (Fsp3) is 0.333. The van der Waals surface area contributed by atoms with Crippen molar-refractivity contribution >= 4 is 19.7 Å². The van der Waals surface area contributed by atoms with Crippen LogP contribution in [0, 0.1) is 13.8 Å². The molecule has 0 aromatic carbocycles. The van der Waals surface area contributed by atoms with Crippen molar-refractivity contribution in [2.75, 3.05) is 0 Å². The Labute approximate surface area is 69.8 Å². The zero-order chi connectivity index (χ0) is 8.65. The lowest BCUT2D eigenvalue weighted by Crippen LogP contribution is -1.92. The average Bonchev–Trinajstić information content (AvgIpc) is 2.08. The maximum absolute atomic E-state index is 10.9. The second-order valence-electron chi connectivity index (χ2n) is 2.36. The van der Waals surface area contributed by atoms with E-state index in [-0.39, 0.29) is 4.90 Å². The number of nitrogens with one attached hydrogen (secondary N) is 1. The van der Waals surface area contributed by atoms with Gasteiger partial charge in [-0.25, -0.2) is 8.42 Å². The van der Waals surface area contributed by atoms with E-state index in [9.17, 15) is 8.42 Å². The van der Waals surface area contributed by atoms with E-state index in [1.54, 1.807) is 20.0 Å². The number of hydrogen-bond donors (Lipinski definition) is 1. The fourth-order valence-electron chi connectivity index (χ4n) is 1.02. The largest absolute Gasteiger partial charge is 0.364 e. The Kier molecular flexibility index (Phi) is 1.98. The van der Waals surface area contributed by atoms with E-state index in [2.05, 4.69) is 4.98 Å². The van der Waals surface area contributed by atoms with Crippen molar-refractivity contribution in [2.24, 2.45) is 0 Å². The number of aromatic amines is 1. The van der Waals surface area contributed by atoms with E-state index in [1.807, 2.05) is 0 Å². The quantitative estimate of drug-likeness (QED) is 0.689. The third kappa shape index (κ3) is 1.57. The van der Waals surface area contributed by atoms with Gasteiger partial charge in [0.25, 0.3) is 9.05 Å². The van der Waals surface area contributed by atoms with Crippen LogP contribution in [0.5, 0.6) is 0 Å². The summed E-state index contributed by atoms with van der Waals surface area (Å²) < 4.78 is 21.8. The van der Waals surface area contributed by atoms with Crippen LogP contribution in [0.4, 0.5) is 0 Å². The second kappa shape index (κ2) is 2.53. The van der Waals surface area contributed by atoms with Crippen LogP contribution in [-0.4, -0.2) is 13.4 Å². The monoisotopic (exact) mass is 193 g/mol. The molecular weight excluding hydrogens is 186 g/mol. The van der Waals surface area contributed by atoms with Crippen molar-refractivity contribution in [3.05, 3.63) is 17.5 Å². The number of hydrogen-bond acceptors (Lipinski definition) is 2. The SMILES string of the molecule is Cc1c[nH]c(C)c1S(=O)(=O)Cl. The Bertz CT molecular complexity index is 346. The Balaban J connectivity index is 3.45. The maximum atomic E-state index is 10.9. The van der Waals surface area contributed by atoms with Crippen molar-refractivity contribution in [1.29, 1.82) is 0 Å². The number of halogens is 1. The molecule has 0 fully saturated rings. The van der Waals surface area contributed by atoms with Crippen LogP contribution in [0.15, 0.2) is 11.1 Å². The molecule has 0 radical (unpaired) electrons. The summed E-state index contributed by atoms with van der Waals surface area (Å²) in [5.41, 5.74) is 1.23. The Hall–Kier alpha value is -0.480. The zero-order valence-corrected chi connectivity index (χ0v) is 7.75. The third-order valence-electron chi connectivity index (χ3n) is 1.45. The molecule has 1 rings (SSSR count). The van der Waals surface area contributed by atoms with Gasteiger partial charge in [0.15, 0.2) is 0 Å². The number of rotatable bonds is 1.